The van der Waals surface area contributed by atoms with Gasteiger partial charge in [0.25, 0.3) is 0 Å². The highest BCUT2D eigenvalue weighted by molar-refractivity contribution is 6.33. The van der Waals surface area contributed by atoms with Crippen LogP contribution in [0, 0.1) is 0 Å². The number of esters is 2. The molecule has 0 amide bonds. The molecule has 4 nitrogen and oxygen atoms in total. The van der Waals surface area contributed by atoms with Crippen LogP contribution in [0.3, 0.4) is 0 Å². The lowest BCUT2D eigenvalue weighted by atomic mass is 10.2. The molecule has 2 rings (SSSR count). The monoisotopic (exact) mass is 290 g/mol. The highest BCUT2D eigenvalue weighted by Crippen LogP contribution is 2.19. The maximum atomic E-state index is 12.0. The minimum absolute atomic E-state index is 0.248. The average molecular weight is 291 g/mol. The fraction of sp³-hybridized carbons (Fsp3) is 0.0667. The van der Waals surface area contributed by atoms with Gasteiger partial charge in [-0.15, -0.1) is 0 Å². The Kier molecular flexibility index (Phi) is 4.38. The zero-order chi connectivity index (χ0) is 14.5. The van der Waals surface area contributed by atoms with Gasteiger partial charge in [-0.05, 0) is 30.3 Å². The quantitative estimate of drug-likeness (QED) is 0.642. The molecule has 0 fully saturated rings. The maximum absolute atomic E-state index is 12.0. The number of methoxy groups -OCH3 is 1. The Labute approximate surface area is 120 Å². The number of carbonyl (C=O) groups excluding carboxylic acids is 2. The molecule has 2 aromatic rings. The molecule has 102 valence electrons. The molecule has 0 heterocycles. The van der Waals surface area contributed by atoms with Crippen LogP contribution in [0.15, 0.2) is 48.5 Å². The average Bonchev–Trinajstić information content (AvgIpc) is 2.47. The summed E-state index contributed by atoms with van der Waals surface area (Å²) in [6.45, 7) is 0. The van der Waals surface area contributed by atoms with Crippen molar-refractivity contribution in [1.82, 2.24) is 0 Å². The zero-order valence-corrected chi connectivity index (χ0v) is 11.4. The summed E-state index contributed by atoms with van der Waals surface area (Å²) in [5.41, 5.74) is 0.564. The zero-order valence-electron chi connectivity index (χ0n) is 10.6. The van der Waals surface area contributed by atoms with Gasteiger partial charge in [-0.3, -0.25) is 0 Å². The number of carbonyl (C=O) groups is 2. The molecular formula is C15H11ClO4. The second-order valence-electron chi connectivity index (χ2n) is 3.89. The molecule has 2 aromatic carbocycles. The molecule has 20 heavy (non-hydrogen) atoms. The summed E-state index contributed by atoms with van der Waals surface area (Å²) in [7, 11) is 1.28. The highest BCUT2D eigenvalue weighted by Gasteiger charge is 2.13. The molecule has 0 aliphatic heterocycles. The summed E-state index contributed by atoms with van der Waals surface area (Å²) in [4.78, 5) is 23.4. The molecule has 0 saturated heterocycles. The van der Waals surface area contributed by atoms with Gasteiger partial charge in [-0.1, -0.05) is 29.8 Å². The van der Waals surface area contributed by atoms with Gasteiger partial charge in [-0.2, -0.15) is 0 Å². The Bertz CT molecular complexity index is 652. The fourth-order valence-electron chi connectivity index (χ4n) is 1.59. The lowest BCUT2D eigenvalue weighted by molar-refractivity contribution is 0.0597. The lowest BCUT2D eigenvalue weighted by Gasteiger charge is -2.06. The molecule has 0 bridgehead atoms. The molecule has 0 aromatic heterocycles. The summed E-state index contributed by atoms with van der Waals surface area (Å²) >= 11 is 5.91. The topological polar surface area (TPSA) is 52.6 Å². The van der Waals surface area contributed by atoms with E-state index in [4.69, 9.17) is 16.3 Å². The van der Waals surface area contributed by atoms with Crippen LogP contribution in [0.25, 0.3) is 0 Å². The van der Waals surface area contributed by atoms with Crippen LogP contribution in [0.4, 0.5) is 0 Å². The Balaban J connectivity index is 2.20. The molecular weight excluding hydrogens is 280 g/mol. The van der Waals surface area contributed by atoms with E-state index in [0.29, 0.717) is 10.6 Å². The van der Waals surface area contributed by atoms with Crippen LogP contribution in [0.2, 0.25) is 5.02 Å². The van der Waals surface area contributed by atoms with Gasteiger partial charge >= 0.3 is 11.9 Å². The van der Waals surface area contributed by atoms with Crippen LogP contribution in [0.5, 0.6) is 5.75 Å². The van der Waals surface area contributed by atoms with Crippen molar-refractivity contribution >= 4 is 23.5 Å². The molecule has 0 atom stereocenters. The van der Waals surface area contributed by atoms with E-state index in [-0.39, 0.29) is 11.3 Å². The first kappa shape index (κ1) is 14.1. The number of benzene rings is 2. The van der Waals surface area contributed by atoms with Crippen LogP contribution < -0.4 is 4.74 Å². The molecule has 0 radical (unpaired) electrons. The van der Waals surface area contributed by atoms with E-state index in [2.05, 4.69) is 4.74 Å². The first-order valence-corrected chi connectivity index (χ1v) is 6.14. The molecule has 0 saturated carbocycles. The predicted octanol–water partition coefficient (Wildman–Crippen LogP) is 3.35. The summed E-state index contributed by atoms with van der Waals surface area (Å²) in [6, 6.07) is 12.7. The fourth-order valence-corrected chi connectivity index (χ4v) is 1.81. The van der Waals surface area contributed by atoms with Crippen LogP contribution in [0.1, 0.15) is 20.7 Å². The highest BCUT2D eigenvalue weighted by atomic mass is 35.5. The third-order valence-corrected chi connectivity index (χ3v) is 2.89. The van der Waals surface area contributed by atoms with E-state index in [0.717, 1.165) is 0 Å². The largest absolute Gasteiger partial charge is 0.465 e. The van der Waals surface area contributed by atoms with Gasteiger partial charge in [0.15, 0.2) is 0 Å². The number of ether oxygens (including phenoxy) is 2. The third kappa shape index (κ3) is 3.16. The van der Waals surface area contributed by atoms with Gasteiger partial charge in [-0.25, -0.2) is 9.59 Å². The van der Waals surface area contributed by atoms with E-state index in [1.807, 2.05) is 0 Å². The van der Waals surface area contributed by atoms with Crippen molar-refractivity contribution in [2.75, 3.05) is 7.11 Å². The van der Waals surface area contributed by atoms with Crippen molar-refractivity contribution in [2.45, 2.75) is 0 Å². The summed E-state index contributed by atoms with van der Waals surface area (Å²) in [5, 5.41) is 0.307. The van der Waals surface area contributed by atoms with E-state index >= 15 is 0 Å². The van der Waals surface area contributed by atoms with Gasteiger partial charge in [0.2, 0.25) is 0 Å². The number of hydrogen-bond acceptors (Lipinski definition) is 4. The molecule has 5 heteroatoms. The van der Waals surface area contributed by atoms with Crippen LogP contribution >= 0.6 is 11.6 Å². The predicted molar refractivity (Wildman–Crippen MR) is 74.2 cm³/mol. The van der Waals surface area contributed by atoms with E-state index in [9.17, 15) is 9.59 Å². The van der Waals surface area contributed by atoms with Crippen molar-refractivity contribution < 1.29 is 19.1 Å². The van der Waals surface area contributed by atoms with Gasteiger partial charge < -0.3 is 9.47 Å². The SMILES string of the molecule is COC(=O)c1cccc(OC(=O)c2ccccc2Cl)c1. The maximum Gasteiger partial charge on any atom is 0.345 e. The third-order valence-electron chi connectivity index (χ3n) is 2.56. The number of halogens is 1. The van der Waals surface area contributed by atoms with Crippen molar-refractivity contribution in [3.63, 3.8) is 0 Å². The van der Waals surface area contributed by atoms with Crippen molar-refractivity contribution in [3.8, 4) is 5.75 Å². The van der Waals surface area contributed by atoms with Gasteiger partial charge in [0.05, 0.1) is 23.3 Å². The normalized spacial score (nSPS) is 9.90. The van der Waals surface area contributed by atoms with Gasteiger partial charge in [0, 0.05) is 0 Å². The molecule has 0 aliphatic carbocycles. The number of hydrogen-bond donors (Lipinski definition) is 0. The Hall–Kier alpha value is -2.33. The molecule has 0 N–H and O–H groups in total. The minimum atomic E-state index is -0.586. The number of rotatable bonds is 3. The smallest absolute Gasteiger partial charge is 0.345 e. The van der Waals surface area contributed by atoms with Crippen LogP contribution in [-0.4, -0.2) is 19.0 Å². The summed E-state index contributed by atoms with van der Waals surface area (Å²) in [6.07, 6.45) is 0. The second kappa shape index (κ2) is 6.21. The Morgan fingerprint density at radius 1 is 1.00 bits per heavy atom. The van der Waals surface area contributed by atoms with E-state index in [1.54, 1.807) is 42.5 Å². The van der Waals surface area contributed by atoms with Crippen LogP contribution in [-0.2, 0) is 4.74 Å². The first-order chi connectivity index (χ1) is 9.61. The van der Waals surface area contributed by atoms with Crippen molar-refractivity contribution in [1.29, 1.82) is 0 Å². The minimum Gasteiger partial charge on any atom is -0.465 e. The van der Waals surface area contributed by atoms with Crippen molar-refractivity contribution in [2.24, 2.45) is 0 Å². The van der Waals surface area contributed by atoms with E-state index in [1.165, 1.54) is 13.2 Å². The standard InChI is InChI=1S/C15H11ClO4/c1-19-14(17)10-5-4-6-11(9-10)20-15(18)12-7-2-3-8-13(12)16/h2-9H,1H3. The molecule has 0 aliphatic rings. The summed E-state index contributed by atoms with van der Waals surface area (Å²) < 4.78 is 9.78. The summed E-state index contributed by atoms with van der Waals surface area (Å²) in [5.74, 6) is -0.837. The Morgan fingerprint density at radius 2 is 1.75 bits per heavy atom. The van der Waals surface area contributed by atoms with Crippen molar-refractivity contribution in [3.05, 3.63) is 64.7 Å². The second-order valence-corrected chi connectivity index (χ2v) is 4.30. The molecule has 0 spiro atoms. The van der Waals surface area contributed by atoms with E-state index < -0.39 is 11.9 Å². The Morgan fingerprint density at radius 3 is 2.45 bits per heavy atom. The molecule has 0 unspecified atom stereocenters. The first-order valence-electron chi connectivity index (χ1n) is 5.77. The van der Waals surface area contributed by atoms with Gasteiger partial charge in [0.1, 0.15) is 5.75 Å². The lowest BCUT2D eigenvalue weighted by Crippen LogP contribution is -2.10.